The van der Waals surface area contributed by atoms with Crippen LogP contribution in [0, 0.1) is 13.8 Å². The summed E-state index contributed by atoms with van der Waals surface area (Å²) in [5, 5.41) is 0. The molecule has 3 nitrogen and oxygen atoms in total. The Hall–Kier alpha value is -1.35. The Labute approximate surface area is 129 Å². The summed E-state index contributed by atoms with van der Waals surface area (Å²) in [5.41, 5.74) is 2.88. The zero-order chi connectivity index (χ0) is 15.8. The average molecular weight is 291 g/mol. The van der Waals surface area contributed by atoms with Crippen molar-refractivity contribution in [2.45, 2.75) is 47.5 Å². The SMILES string of the molecule is CCCN(CCC)CC(=O)c1c(C)cc(OCC)cc1C. The predicted octanol–water partition coefficient (Wildman–Crippen LogP) is 4.01. The van der Waals surface area contributed by atoms with Gasteiger partial charge in [-0.3, -0.25) is 9.69 Å². The Morgan fingerprint density at radius 2 is 1.57 bits per heavy atom. The number of nitrogens with zero attached hydrogens (tertiary/aromatic N) is 1. The first kappa shape index (κ1) is 17.7. The van der Waals surface area contributed by atoms with Crippen LogP contribution in [-0.2, 0) is 0 Å². The van der Waals surface area contributed by atoms with Gasteiger partial charge in [-0.1, -0.05) is 13.8 Å². The van der Waals surface area contributed by atoms with E-state index in [1.165, 1.54) is 0 Å². The van der Waals surface area contributed by atoms with Gasteiger partial charge in [0.05, 0.1) is 13.2 Å². The molecule has 0 heterocycles. The molecule has 0 saturated heterocycles. The number of ketones is 1. The molecule has 0 unspecified atom stereocenters. The van der Waals surface area contributed by atoms with E-state index >= 15 is 0 Å². The Bertz CT molecular complexity index is 439. The van der Waals surface area contributed by atoms with Gasteiger partial charge in [0.2, 0.25) is 0 Å². The van der Waals surface area contributed by atoms with Gasteiger partial charge in [-0.25, -0.2) is 0 Å². The van der Waals surface area contributed by atoms with E-state index in [0.29, 0.717) is 13.2 Å². The molecule has 118 valence electrons. The van der Waals surface area contributed by atoms with Gasteiger partial charge in [-0.15, -0.1) is 0 Å². The van der Waals surface area contributed by atoms with E-state index in [1.807, 2.05) is 32.9 Å². The number of Topliss-reactive ketones (excluding diaryl/α,β-unsaturated/α-hetero) is 1. The molecule has 0 bridgehead atoms. The lowest BCUT2D eigenvalue weighted by Gasteiger charge is -2.21. The molecule has 1 aromatic rings. The van der Waals surface area contributed by atoms with Crippen LogP contribution in [-0.4, -0.2) is 36.9 Å². The number of carbonyl (C=O) groups is 1. The van der Waals surface area contributed by atoms with E-state index in [2.05, 4.69) is 18.7 Å². The smallest absolute Gasteiger partial charge is 0.177 e. The summed E-state index contributed by atoms with van der Waals surface area (Å²) < 4.78 is 5.54. The Kier molecular flexibility index (Phi) is 7.44. The number of aryl methyl sites for hydroxylation is 2. The molecular formula is C18H29NO2. The number of benzene rings is 1. The minimum Gasteiger partial charge on any atom is -0.494 e. The summed E-state index contributed by atoms with van der Waals surface area (Å²) in [7, 11) is 0. The lowest BCUT2D eigenvalue weighted by molar-refractivity contribution is 0.0929. The van der Waals surface area contributed by atoms with Gasteiger partial charge in [0.25, 0.3) is 0 Å². The molecule has 3 heteroatoms. The zero-order valence-corrected chi connectivity index (χ0v) is 14.2. The molecule has 0 aliphatic heterocycles. The van der Waals surface area contributed by atoms with Crippen LogP contribution >= 0.6 is 0 Å². The maximum Gasteiger partial charge on any atom is 0.177 e. The third-order valence-corrected chi connectivity index (χ3v) is 3.54. The molecule has 1 rings (SSSR count). The lowest BCUT2D eigenvalue weighted by atomic mass is 9.98. The van der Waals surface area contributed by atoms with Gasteiger partial charge in [0, 0.05) is 5.56 Å². The fraction of sp³-hybridized carbons (Fsp3) is 0.611. The number of ether oxygens (including phenoxy) is 1. The van der Waals surface area contributed by atoms with Crippen LogP contribution in [0.1, 0.15) is 55.1 Å². The normalized spacial score (nSPS) is 11.0. The van der Waals surface area contributed by atoms with Crippen molar-refractivity contribution in [3.63, 3.8) is 0 Å². The van der Waals surface area contributed by atoms with Gasteiger partial charge < -0.3 is 4.74 Å². The third kappa shape index (κ3) is 5.16. The van der Waals surface area contributed by atoms with Crippen LogP contribution in [0.15, 0.2) is 12.1 Å². The molecule has 0 fully saturated rings. The highest BCUT2D eigenvalue weighted by atomic mass is 16.5. The highest BCUT2D eigenvalue weighted by Gasteiger charge is 2.16. The second-order valence-electron chi connectivity index (χ2n) is 5.56. The number of carbonyl (C=O) groups excluding carboxylic acids is 1. The largest absolute Gasteiger partial charge is 0.494 e. The van der Waals surface area contributed by atoms with E-state index in [-0.39, 0.29) is 5.78 Å². The molecule has 0 atom stereocenters. The van der Waals surface area contributed by atoms with Gasteiger partial charge in [-0.2, -0.15) is 0 Å². The molecule has 0 amide bonds. The van der Waals surface area contributed by atoms with Crippen LogP contribution in [0.3, 0.4) is 0 Å². The number of hydrogen-bond acceptors (Lipinski definition) is 3. The molecule has 0 saturated carbocycles. The van der Waals surface area contributed by atoms with E-state index in [0.717, 1.165) is 48.4 Å². The van der Waals surface area contributed by atoms with Crippen LogP contribution in [0.25, 0.3) is 0 Å². The van der Waals surface area contributed by atoms with Crippen LogP contribution < -0.4 is 4.74 Å². The summed E-state index contributed by atoms with van der Waals surface area (Å²) in [6, 6.07) is 3.93. The maximum absolute atomic E-state index is 12.6. The fourth-order valence-electron chi connectivity index (χ4n) is 2.80. The molecule has 0 radical (unpaired) electrons. The van der Waals surface area contributed by atoms with Crippen molar-refractivity contribution in [2.75, 3.05) is 26.2 Å². The summed E-state index contributed by atoms with van der Waals surface area (Å²) in [6.45, 7) is 13.4. The van der Waals surface area contributed by atoms with Gasteiger partial charge in [0.15, 0.2) is 5.78 Å². The van der Waals surface area contributed by atoms with E-state index in [4.69, 9.17) is 4.74 Å². The molecule has 0 spiro atoms. The van der Waals surface area contributed by atoms with Crippen molar-refractivity contribution in [1.82, 2.24) is 4.90 Å². The second-order valence-corrected chi connectivity index (χ2v) is 5.56. The standard InChI is InChI=1S/C18H29NO2/c1-6-9-19(10-7-2)13-17(20)18-14(4)11-16(21-8-3)12-15(18)5/h11-12H,6-10,13H2,1-5H3. The zero-order valence-electron chi connectivity index (χ0n) is 14.2. The molecular weight excluding hydrogens is 262 g/mol. The Morgan fingerprint density at radius 3 is 2.00 bits per heavy atom. The number of rotatable bonds is 9. The summed E-state index contributed by atoms with van der Waals surface area (Å²) in [6.07, 6.45) is 2.16. The predicted molar refractivity (Wildman–Crippen MR) is 88.4 cm³/mol. The Balaban J connectivity index is 2.91. The van der Waals surface area contributed by atoms with Crippen LogP contribution in [0.5, 0.6) is 5.75 Å². The van der Waals surface area contributed by atoms with Crippen molar-refractivity contribution >= 4 is 5.78 Å². The topological polar surface area (TPSA) is 29.5 Å². The monoisotopic (exact) mass is 291 g/mol. The van der Waals surface area contributed by atoms with Gasteiger partial charge >= 0.3 is 0 Å². The molecule has 0 aliphatic rings. The minimum absolute atomic E-state index is 0.218. The van der Waals surface area contributed by atoms with Crippen molar-refractivity contribution in [1.29, 1.82) is 0 Å². The van der Waals surface area contributed by atoms with Crippen LogP contribution in [0.2, 0.25) is 0 Å². The molecule has 21 heavy (non-hydrogen) atoms. The highest BCUT2D eigenvalue weighted by Crippen LogP contribution is 2.22. The second kappa shape index (κ2) is 8.83. The first-order valence-electron chi connectivity index (χ1n) is 8.03. The molecule has 0 aromatic heterocycles. The minimum atomic E-state index is 0.218. The fourth-order valence-corrected chi connectivity index (χ4v) is 2.80. The first-order valence-corrected chi connectivity index (χ1v) is 8.03. The average Bonchev–Trinajstić information content (AvgIpc) is 2.38. The summed E-state index contributed by atoms with van der Waals surface area (Å²) >= 11 is 0. The highest BCUT2D eigenvalue weighted by molar-refractivity contribution is 6.00. The maximum atomic E-state index is 12.6. The summed E-state index contributed by atoms with van der Waals surface area (Å²) in [4.78, 5) is 14.9. The van der Waals surface area contributed by atoms with Crippen molar-refractivity contribution in [3.05, 3.63) is 28.8 Å². The van der Waals surface area contributed by atoms with Gasteiger partial charge in [0.1, 0.15) is 5.75 Å². The van der Waals surface area contributed by atoms with Crippen LogP contribution in [0.4, 0.5) is 0 Å². The Morgan fingerprint density at radius 1 is 1.05 bits per heavy atom. The van der Waals surface area contributed by atoms with E-state index in [9.17, 15) is 4.79 Å². The van der Waals surface area contributed by atoms with Crippen molar-refractivity contribution in [3.8, 4) is 5.75 Å². The van der Waals surface area contributed by atoms with Crippen molar-refractivity contribution < 1.29 is 9.53 Å². The van der Waals surface area contributed by atoms with E-state index < -0.39 is 0 Å². The third-order valence-electron chi connectivity index (χ3n) is 3.54. The molecule has 0 N–H and O–H groups in total. The first-order chi connectivity index (χ1) is 10.0. The van der Waals surface area contributed by atoms with Crippen molar-refractivity contribution in [2.24, 2.45) is 0 Å². The quantitative estimate of drug-likeness (QED) is 0.644. The molecule has 0 aliphatic carbocycles. The summed E-state index contributed by atoms with van der Waals surface area (Å²) in [5.74, 6) is 1.07. The lowest BCUT2D eigenvalue weighted by Crippen LogP contribution is -2.32. The van der Waals surface area contributed by atoms with Gasteiger partial charge in [-0.05, 0) is 70.0 Å². The van der Waals surface area contributed by atoms with E-state index in [1.54, 1.807) is 0 Å². The molecule has 1 aromatic carbocycles. The number of hydrogen-bond donors (Lipinski definition) is 0.